The van der Waals surface area contributed by atoms with E-state index in [0.717, 1.165) is 25.5 Å². The van der Waals surface area contributed by atoms with Crippen molar-refractivity contribution in [2.45, 2.75) is 38.0 Å². The number of piperidine rings is 1. The number of rotatable bonds is 4. The first-order valence-corrected chi connectivity index (χ1v) is 9.29. The van der Waals surface area contributed by atoms with E-state index in [2.05, 4.69) is 13.8 Å². The number of anilines is 1. The summed E-state index contributed by atoms with van der Waals surface area (Å²) >= 11 is 0. The molecule has 6 nitrogen and oxygen atoms in total. The topological polar surface area (TPSA) is 80.5 Å². The molecule has 0 bridgehead atoms. The van der Waals surface area contributed by atoms with Crippen LogP contribution in [0, 0.1) is 15.5 Å². The van der Waals surface area contributed by atoms with Gasteiger partial charge in [0.05, 0.1) is 4.92 Å². The van der Waals surface area contributed by atoms with Gasteiger partial charge < -0.3 is 4.90 Å². The third-order valence-corrected chi connectivity index (χ3v) is 5.66. The molecule has 1 unspecified atom stereocenters. The van der Waals surface area contributed by atoms with Gasteiger partial charge in [-0.2, -0.15) is 0 Å². The van der Waals surface area contributed by atoms with Crippen molar-refractivity contribution in [3.8, 4) is 0 Å². The number of nitro groups is 1. The lowest BCUT2D eigenvalue weighted by atomic mass is 9.79. The third kappa shape index (κ3) is 3.24. The molecule has 122 valence electrons. The van der Waals surface area contributed by atoms with Gasteiger partial charge in [-0.3, -0.25) is 10.1 Å². The predicted octanol–water partition coefficient (Wildman–Crippen LogP) is 3.01. The summed E-state index contributed by atoms with van der Waals surface area (Å²) in [5.41, 5.74) is 0.213. The van der Waals surface area contributed by atoms with Gasteiger partial charge in [-0.25, -0.2) is 8.42 Å². The van der Waals surface area contributed by atoms with E-state index in [9.17, 15) is 18.5 Å². The normalized spacial score (nSPS) is 22.6. The fourth-order valence-electron chi connectivity index (χ4n) is 3.06. The van der Waals surface area contributed by atoms with Gasteiger partial charge in [0.1, 0.15) is 10.6 Å². The van der Waals surface area contributed by atoms with Crippen LogP contribution in [-0.4, -0.2) is 32.7 Å². The maximum atomic E-state index is 11.9. The average Bonchev–Trinajstić information content (AvgIpc) is 2.45. The van der Waals surface area contributed by atoms with Gasteiger partial charge >= 0.3 is 5.69 Å². The van der Waals surface area contributed by atoms with Crippen LogP contribution in [-0.2, 0) is 9.84 Å². The fourth-order valence-corrected chi connectivity index (χ4v) is 3.91. The van der Waals surface area contributed by atoms with Crippen LogP contribution in [0.3, 0.4) is 0 Å². The monoisotopic (exact) mass is 326 g/mol. The first kappa shape index (κ1) is 16.7. The van der Waals surface area contributed by atoms with E-state index >= 15 is 0 Å². The molecule has 0 amide bonds. The van der Waals surface area contributed by atoms with Gasteiger partial charge in [0.2, 0.25) is 0 Å². The molecule has 7 heteroatoms. The van der Waals surface area contributed by atoms with Crippen molar-refractivity contribution in [2.75, 3.05) is 24.2 Å². The van der Waals surface area contributed by atoms with Gasteiger partial charge in [0.15, 0.2) is 9.84 Å². The minimum Gasteiger partial charge on any atom is -0.365 e. The number of benzene rings is 1. The van der Waals surface area contributed by atoms with Gasteiger partial charge in [-0.15, -0.1) is 0 Å². The Hall–Kier alpha value is -1.63. The Morgan fingerprint density at radius 2 is 2.09 bits per heavy atom. The molecule has 1 atom stereocenters. The van der Waals surface area contributed by atoms with Gasteiger partial charge in [0.25, 0.3) is 0 Å². The van der Waals surface area contributed by atoms with E-state index in [-0.39, 0.29) is 16.0 Å². The minimum atomic E-state index is -3.64. The highest BCUT2D eigenvalue weighted by atomic mass is 32.2. The van der Waals surface area contributed by atoms with E-state index in [1.165, 1.54) is 6.07 Å². The largest absolute Gasteiger partial charge is 0.365 e. The third-order valence-electron chi connectivity index (χ3n) is 4.53. The molecule has 2 rings (SSSR count). The predicted molar refractivity (Wildman–Crippen MR) is 86.1 cm³/mol. The van der Waals surface area contributed by atoms with Crippen LogP contribution in [0.2, 0.25) is 0 Å². The number of sulfone groups is 1. The maximum absolute atomic E-state index is 11.9. The van der Waals surface area contributed by atoms with Crippen LogP contribution in [0.4, 0.5) is 11.4 Å². The Morgan fingerprint density at radius 1 is 1.41 bits per heavy atom. The first-order chi connectivity index (χ1) is 10.2. The number of hydrogen-bond acceptors (Lipinski definition) is 5. The average molecular weight is 326 g/mol. The molecule has 1 saturated heterocycles. The van der Waals surface area contributed by atoms with E-state index in [1.54, 1.807) is 12.1 Å². The molecule has 0 aromatic heterocycles. The maximum Gasteiger partial charge on any atom is 0.311 e. The molecule has 1 aliphatic rings. The van der Waals surface area contributed by atoms with Crippen molar-refractivity contribution in [1.82, 2.24) is 0 Å². The summed E-state index contributed by atoms with van der Waals surface area (Å²) in [6.45, 7) is 5.71. The summed E-state index contributed by atoms with van der Waals surface area (Å²) in [6, 6.07) is 4.53. The second kappa shape index (κ2) is 5.87. The molecule has 22 heavy (non-hydrogen) atoms. The van der Waals surface area contributed by atoms with Crippen molar-refractivity contribution < 1.29 is 13.3 Å². The summed E-state index contributed by atoms with van der Waals surface area (Å²) in [6.07, 6.45) is 4.03. The van der Waals surface area contributed by atoms with Crippen LogP contribution in [0.1, 0.15) is 33.1 Å². The molecule has 0 saturated carbocycles. The van der Waals surface area contributed by atoms with E-state index in [1.807, 2.05) is 4.90 Å². The summed E-state index contributed by atoms with van der Waals surface area (Å²) in [4.78, 5) is 12.6. The molecule has 1 aromatic rings. The highest BCUT2D eigenvalue weighted by molar-refractivity contribution is 7.90. The summed E-state index contributed by atoms with van der Waals surface area (Å²) < 4.78 is 23.7. The lowest BCUT2D eigenvalue weighted by molar-refractivity contribution is -0.387. The van der Waals surface area contributed by atoms with Gasteiger partial charge in [-0.1, -0.05) is 19.9 Å². The zero-order chi connectivity index (χ0) is 16.5. The first-order valence-electron chi connectivity index (χ1n) is 7.40. The van der Waals surface area contributed by atoms with Crippen LogP contribution in [0.5, 0.6) is 0 Å². The number of nitrogens with zero attached hydrogens (tertiary/aromatic N) is 2. The summed E-state index contributed by atoms with van der Waals surface area (Å²) in [5, 5.41) is 11.5. The number of hydrogen-bond donors (Lipinski definition) is 0. The van der Waals surface area contributed by atoms with Crippen molar-refractivity contribution >= 4 is 21.2 Å². The second-order valence-electron chi connectivity index (χ2n) is 6.34. The molecule has 0 spiro atoms. The highest BCUT2D eigenvalue weighted by Crippen LogP contribution is 2.40. The molecule has 0 N–H and O–H groups in total. The Kier molecular flexibility index (Phi) is 4.47. The zero-order valence-electron chi connectivity index (χ0n) is 13.2. The van der Waals surface area contributed by atoms with E-state index in [4.69, 9.17) is 0 Å². The molecule has 0 aliphatic carbocycles. The van der Waals surface area contributed by atoms with Crippen LogP contribution < -0.4 is 4.90 Å². The molecular weight excluding hydrogens is 304 g/mol. The lowest BCUT2D eigenvalue weighted by Crippen LogP contribution is -2.41. The SMILES string of the molecule is CCC1(C)CCCN(c2cccc(S(C)(=O)=O)c2[N+](=O)[O-])C1. The van der Waals surface area contributed by atoms with E-state index < -0.39 is 14.8 Å². The Bertz CT molecular complexity index is 687. The van der Waals surface area contributed by atoms with Crippen molar-refractivity contribution in [2.24, 2.45) is 5.41 Å². The molecule has 0 radical (unpaired) electrons. The lowest BCUT2D eigenvalue weighted by Gasteiger charge is -2.41. The fraction of sp³-hybridized carbons (Fsp3) is 0.600. The highest BCUT2D eigenvalue weighted by Gasteiger charge is 2.34. The second-order valence-corrected chi connectivity index (χ2v) is 8.33. The molecular formula is C15H22N2O4S. The quantitative estimate of drug-likeness (QED) is 0.627. The van der Waals surface area contributed by atoms with Crippen molar-refractivity contribution in [3.05, 3.63) is 28.3 Å². The van der Waals surface area contributed by atoms with Gasteiger partial charge in [-0.05, 0) is 36.8 Å². The van der Waals surface area contributed by atoms with Crippen LogP contribution in [0.25, 0.3) is 0 Å². The Balaban J connectivity index is 2.54. The number of para-hydroxylation sites is 1. The van der Waals surface area contributed by atoms with Gasteiger partial charge in [0, 0.05) is 19.3 Å². The standard InChI is InChI=1S/C15H22N2O4S/c1-4-15(2)9-6-10-16(11-15)12-7-5-8-13(22(3,20)21)14(12)17(18)19/h5,7-8H,4,6,9-11H2,1-3H3. The number of nitro benzene ring substituents is 1. The van der Waals surface area contributed by atoms with Crippen molar-refractivity contribution in [1.29, 1.82) is 0 Å². The molecule has 1 fully saturated rings. The minimum absolute atomic E-state index is 0.104. The smallest absolute Gasteiger partial charge is 0.311 e. The molecule has 1 heterocycles. The zero-order valence-corrected chi connectivity index (χ0v) is 14.0. The van der Waals surface area contributed by atoms with Crippen LogP contribution >= 0.6 is 0 Å². The molecule has 1 aromatic carbocycles. The van der Waals surface area contributed by atoms with Crippen LogP contribution in [0.15, 0.2) is 23.1 Å². The van der Waals surface area contributed by atoms with E-state index in [0.29, 0.717) is 18.8 Å². The summed E-state index contributed by atoms with van der Waals surface area (Å²) in [5.74, 6) is 0. The summed E-state index contributed by atoms with van der Waals surface area (Å²) in [7, 11) is -3.64. The molecule has 1 aliphatic heterocycles. The Labute approximate surface area is 131 Å². The van der Waals surface area contributed by atoms with Crippen molar-refractivity contribution in [3.63, 3.8) is 0 Å². The Morgan fingerprint density at radius 3 is 2.64 bits per heavy atom.